The molecular weight excluding hydrogens is 354 g/mol. The Hall–Kier alpha value is -2.58. The molecule has 1 aromatic heterocycles. The summed E-state index contributed by atoms with van der Waals surface area (Å²) in [7, 11) is -2.28. The van der Waals surface area contributed by atoms with Gasteiger partial charge in [-0.2, -0.15) is 0 Å². The number of fused-ring (bicyclic) bond motifs is 2. The number of hydrogen-bond acceptors (Lipinski definition) is 4. The van der Waals surface area contributed by atoms with Gasteiger partial charge in [0.15, 0.2) is 0 Å². The average Bonchev–Trinajstić information content (AvgIpc) is 3.12. The van der Waals surface area contributed by atoms with Gasteiger partial charge in [0.25, 0.3) is 5.91 Å². The Morgan fingerprint density at radius 2 is 2.00 bits per heavy atom. The number of nitrogens with one attached hydrogen (secondary N) is 3. The van der Waals surface area contributed by atoms with Gasteiger partial charge >= 0.3 is 0 Å². The van der Waals surface area contributed by atoms with E-state index in [1.54, 1.807) is 12.1 Å². The molecule has 8 heteroatoms. The average molecular weight is 373 g/mol. The predicted octanol–water partition coefficient (Wildman–Crippen LogP) is 2.00. The molecule has 1 aliphatic heterocycles. The molecule has 1 aliphatic carbocycles. The molecule has 1 amide bonds. The smallest absolute Gasteiger partial charge is 0.256 e. The summed E-state index contributed by atoms with van der Waals surface area (Å²) in [5.41, 5.74) is 3.77. The van der Waals surface area contributed by atoms with E-state index in [0.29, 0.717) is 22.5 Å². The summed E-state index contributed by atoms with van der Waals surface area (Å²) in [5.74, 6) is -0.154. The van der Waals surface area contributed by atoms with E-state index in [1.807, 2.05) is 0 Å². The van der Waals surface area contributed by atoms with Crippen LogP contribution < -0.4 is 10.0 Å². The van der Waals surface area contributed by atoms with Crippen molar-refractivity contribution in [1.29, 1.82) is 0 Å². The number of hydrogen-bond donors (Lipinski definition) is 4. The van der Waals surface area contributed by atoms with E-state index in [9.17, 15) is 18.3 Å². The molecule has 0 spiro atoms. The summed E-state index contributed by atoms with van der Waals surface area (Å²) in [4.78, 5) is 15.7. The van der Waals surface area contributed by atoms with Crippen molar-refractivity contribution in [2.24, 2.45) is 0 Å². The number of rotatable bonds is 3. The summed E-state index contributed by atoms with van der Waals surface area (Å²) in [6, 6.07) is 4.47. The number of aromatic hydroxyl groups is 1. The molecule has 0 fully saturated rings. The van der Waals surface area contributed by atoms with E-state index in [1.165, 1.54) is 19.2 Å². The van der Waals surface area contributed by atoms with Gasteiger partial charge in [-0.15, -0.1) is 0 Å². The van der Waals surface area contributed by atoms with Crippen LogP contribution in [0.25, 0.3) is 11.6 Å². The molecule has 1 aromatic carbocycles. The van der Waals surface area contributed by atoms with Crippen molar-refractivity contribution in [3.05, 3.63) is 40.7 Å². The van der Waals surface area contributed by atoms with Crippen molar-refractivity contribution < 1.29 is 18.3 Å². The number of aromatic amines is 1. The fraction of sp³-hybridized carbons (Fsp3) is 0.278. The number of benzene rings is 1. The third kappa shape index (κ3) is 2.62. The third-order valence-corrected chi connectivity index (χ3v) is 6.35. The first-order chi connectivity index (χ1) is 12.4. The molecule has 2 heterocycles. The molecule has 0 saturated heterocycles. The highest BCUT2D eigenvalue weighted by Gasteiger charge is 2.28. The summed E-state index contributed by atoms with van der Waals surface area (Å²) >= 11 is 0. The summed E-state index contributed by atoms with van der Waals surface area (Å²) in [6.45, 7) is 0. The van der Waals surface area contributed by atoms with Gasteiger partial charge in [-0.3, -0.25) is 4.79 Å². The van der Waals surface area contributed by atoms with E-state index in [-0.39, 0.29) is 16.6 Å². The molecule has 2 aliphatic rings. The Morgan fingerprint density at radius 3 is 2.73 bits per heavy atom. The van der Waals surface area contributed by atoms with Crippen LogP contribution in [0.4, 0.5) is 5.69 Å². The minimum atomic E-state index is -3.62. The lowest BCUT2D eigenvalue weighted by Gasteiger charge is -2.09. The maximum Gasteiger partial charge on any atom is 0.256 e. The zero-order valence-corrected chi connectivity index (χ0v) is 15.0. The van der Waals surface area contributed by atoms with Crippen LogP contribution in [0.3, 0.4) is 0 Å². The van der Waals surface area contributed by atoms with Gasteiger partial charge in [-0.25, -0.2) is 13.1 Å². The standard InChI is InChI=1S/C18H19N3O4S/c1-19-26(24,25)10-6-7-15-12(8-10)13(18(23)21-15)9-16-17(22)11-4-2-3-5-14(11)20-16/h6-9,19-20,22H,2-5H2,1H3,(H,21,23). The van der Waals surface area contributed by atoms with E-state index in [4.69, 9.17) is 0 Å². The van der Waals surface area contributed by atoms with E-state index >= 15 is 0 Å². The zero-order chi connectivity index (χ0) is 18.5. The lowest BCUT2D eigenvalue weighted by atomic mass is 9.97. The molecule has 4 N–H and O–H groups in total. The number of aromatic nitrogens is 1. The number of carbonyl (C=O) groups excluding carboxylic acids is 1. The Labute approximate surface area is 151 Å². The second kappa shape index (κ2) is 6.00. The number of amides is 1. The molecule has 0 radical (unpaired) electrons. The van der Waals surface area contributed by atoms with Crippen molar-refractivity contribution >= 4 is 33.3 Å². The molecule has 2 aromatic rings. The van der Waals surface area contributed by atoms with E-state index in [2.05, 4.69) is 15.0 Å². The van der Waals surface area contributed by atoms with Crippen molar-refractivity contribution in [1.82, 2.24) is 9.71 Å². The fourth-order valence-electron chi connectivity index (χ4n) is 3.53. The molecule has 26 heavy (non-hydrogen) atoms. The molecule has 7 nitrogen and oxygen atoms in total. The maximum absolute atomic E-state index is 12.4. The lowest BCUT2D eigenvalue weighted by molar-refractivity contribution is -0.110. The highest BCUT2D eigenvalue weighted by Crippen LogP contribution is 2.38. The fourth-order valence-corrected chi connectivity index (χ4v) is 4.29. The molecule has 0 saturated carbocycles. The van der Waals surface area contributed by atoms with Crippen LogP contribution in [0.5, 0.6) is 5.75 Å². The van der Waals surface area contributed by atoms with Crippen molar-refractivity contribution in [2.45, 2.75) is 30.6 Å². The van der Waals surface area contributed by atoms with E-state index < -0.39 is 10.0 Å². The highest BCUT2D eigenvalue weighted by molar-refractivity contribution is 7.89. The molecular formula is C18H19N3O4S. The SMILES string of the molecule is CNS(=O)(=O)c1ccc2c(c1)C(=Cc1[nH]c3c(c1O)CCCC3)C(=O)N2. The first kappa shape index (κ1) is 16.9. The number of H-pyrrole nitrogens is 1. The first-order valence-corrected chi connectivity index (χ1v) is 9.92. The lowest BCUT2D eigenvalue weighted by Crippen LogP contribution is -2.18. The number of sulfonamides is 1. The second-order valence-electron chi connectivity index (χ2n) is 6.48. The topological polar surface area (TPSA) is 111 Å². The normalized spacial score (nSPS) is 17.9. The summed E-state index contributed by atoms with van der Waals surface area (Å²) < 4.78 is 26.4. The molecule has 136 valence electrons. The van der Waals surface area contributed by atoms with Crippen molar-refractivity contribution in [3.8, 4) is 5.75 Å². The Balaban J connectivity index is 1.82. The van der Waals surface area contributed by atoms with Crippen LogP contribution in [0, 0.1) is 0 Å². The van der Waals surface area contributed by atoms with Gasteiger partial charge in [0.1, 0.15) is 5.75 Å². The van der Waals surface area contributed by atoms with E-state index in [0.717, 1.165) is 36.9 Å². The quantitative estimate of drug-likeness (QED) is 0.617. The van der Waals surface area contributed by atoms with Crippen LogP contribution in [-0.2, 0) is 27.7 Å². The maximum atomic E-state index is 12.4. The minimum Gasteiger partial charge on any atom is -0.505 e. The van der Waals surface area contributed by atoms with Gasteiger partial charge in [0.05, 0.1) is 16.2 Å². The predicted molar refractivity (Wildman–Crippen MR) is 98.3 cm³/mol. The van der Waals surface area contributed by atoms with Gasteiger partial charge < -0.3 is 15.4 Å². The Morgan fingerprint density at radius 1 is 1.23 bits per heavy atom. The van der Waals surface area contributed by atoms with Crippen LogP contribution in [0.1, 0.15) is 35.4 Å². The van der Waals surface area contributed by atoms with Crippen molar-refractivity contribution in [3.63, 3.8) is 0 Å². The van der Waals surface area contributed by atoms with Gasteiger partial charge in [0, 0.05) is 22.5 Å². The largest absolute Gasteiger partial charge is 0.505 e. The summed E-state index contributed by atoms with van der Waals surface area (Å²) in [5, 5.41) is 13.2. The van der Waals surface area contributed by atoms with Gasteiger partial charge in [0.2, 0.25) is 10.0 Å². The highest BCUT2D eigenvalue weighted by atomic mass is 32.2. The monoisotopic (exact) mass is 373 g/mol. The Bertz CT molecular complexity index is 1050. The van der Waals surface area contributed by atoms with Crippen LogP contribution >= 0.6 is 0 Å². The Kier molecular flexibility index (Phi) is 3.89. The minimum absolute atomic E-state index is 0.0798. The molecule has 0 atom stereocenters. The first-order valence-electron chi connectivity index (χ1n) is 8.44. The second-order valence-corrected chi connectivity index (χ2v) is 8.37. The molecule has 4 rings (SSSR count). The van der Waals surface area contributed by atoms with Crippen molar-refractivity contribution in [2.75, 3.05) is 12.4 Å². The number of anilines is 1. The zero-order valence-electron chi connectivity index (χ0n) is 14.2. The van der Waals surface area contributed by atoms with Crippen LogP contribution in [0.15, 0.2) is 23.1 Å². The summed E-state index contributed by atoms with van der Waals surface area (Å²) in [6.07, 6.45) is 5.37. The van der Waals surface area contributed by atoms with Crippen LogP contribution in [-0.4, -0.2) is 31.5 Å². The molecule has 0 unspecified atom stereocenters. The number of aryl methyl sites for hydroxylation is 1. The van der Waals surface area contributed by atoms with Crippen LogP contribution in [0.2, 0.25) is 0 Å². The van der Waals surface area contributed by atoms with Gasteiger partial charge in [-0.05, 0) is 57.0 Å². The molecule has 0 bridgehead atoms. The third-order valence-electron chi connectivity index (χ3n) is 4.94. The number of carbonyl (C=O) groups is 1. The van der Waals surface area contributed by atoms with Gasteiger partial charge in [-0.1, -0.05) is 0 Å².